The number of nitrogens with zero attached hydrogens (tertiary/aromatic N) is 2. The molecular formula is C12H20N4OS2. The van der Waals surface area contributed by atoms with Crippen LogP contribution in [0, 0.1) is 0 Å². The van der Waals surface area contributed by atoms with Gasteiger partial charge in [0.2, 0.25) is 0 Å². The molecule has 1 aromatic heterocycles. The highest BCUT2D eigenvalue weighted by Crippen LogP contribution is 2.27. The number of thiazole rings is 1. The fraction of sp³-hybridized carbons (Fsp3) is 0.500. The maximum absolute atomic E-state index is 12.0. The van der Waals surface area contributed by atoms with Crippen molar-refractivity contribution in [1.82, 2.24) is 10.3 Å². The minimum atomic E-state index is -0.148. The molecule has 0 aliphatic heterocycles. The van der Waals surface area contributed by atoms with Gasteiger partial charge < -0.3 is 16.0 Å². The molecule has 0 saturated carbocycles. The van der Waals surface area contributed by atoms with Crippen molar-refractivity contribution < 1.29 is 4.79 Å². The molecule has 7 heteroatoms. The number of anilines is 2. The average molecular weight is 300 g/mol. The SMILES string of the molecule is C=CCSCCNC(=O)c1sc(N(C)CC)nc1N. The highest BCUT2D eigenvalue weighted by atomic mass is 32.2. The second kappa shape index (κ2) is 8.06. The zero-order valence-electron chi connectivity index (χ0n) is 11.3. The van der Waals surface area contributed by atoms with Gasteiger partial charge in [0.05, 0.1) is 0 Å². The number of rotatable bonds is 8. The molecular weight excluding hydrogens is 280 g/mol. The van der Waals surface area contributed by atoms with Crippen LogP contribution >= 0.6 is 23.1 Å². The van der Waals surface area contributed by atoms with E-state index < -0.39 is 0 Å². The van der Waals surface area contributed by atoms with Crippen LogP contribution in [0.2, 0.25) is 0 Å². The van der Waals surface area contributed by atoms with Crippen LogP contribution in [0.15, 0.2) is 12.7 Å². The number of nitrogens with two attached hydrogens (primary N) is 1. The summed E-state index contributed by atoms with van der Waals surface area (Å²) >= 11 is 3.05. The van der Waals surface area contributed by atoms with Crippen molar-refractivity contribution in [3.63, 3.8) is 0 Å². The van der Waals surface area contributed by atoms with E-state index in [0.29, 0.717) is 17.2 Å². The lowest BCUT2D eigenvalue weighted by Crippen LogP contribution is -2.25. The molecule has 0 saturated heterocycles. The maximum atomic E-state index is 12.0. The molecule has 0 aliphatic carbocycles. The van der Waals surface area contributed by atoms with Crippen molar-refractivity contribution in [2.45, 2.75) is 6.92 Å². The standard InChI is InChI=1S/C12H20N4OS2/c1-4-7-18-8-6-14-11(17)9-10(13)15-12(19-9)16(3)5-2/h4H,1,5-8,13H2,2-3H3,(H,14,17). The molecule has 0 fully saturated rings. The van der Waals surface area contributed by atoms with Gasteiger partial charge >= 0.3 is 0 Å². The second-order valence-corrected chi connectivity index (χ2v) is 5.97. The van der Waals surface area contributed by atoms with Gasteiger partial charge in [0.1, 0.15) is 10.7 Å². The first-order valence-corrected chi connectivity index (χ1v) is 8.01. The van der Waals surface area contributed by atoms with E-state index in [9.17, 15) is 4.79 Å². The Morgan fingerprint density at radius 2 is 2.42 bits per heavy atom. The van der Waals surface area contributed by atoms with Gasteiger partial charge in [-0.25, -0.2) is 4.98 Å². The molecule has 5 nitrogen and oxygen atoms in total. The molecule has 106 valence electrons. The number of hydrogen-bond acceptors (Lipinski definition) is 6. The van der Waals surface area contributed by atoms with Crippen molar-refractivity contribution in [2.24, 2.45) is 0 Å². The van der Waals surface area contributed by atoms with Gasteiger partial charge in [0, 0.05) is 31.6 Å². The molecule has 1 aromatic rings. The fourth-order valence-corrected chi connectivity index (χ4v) is 2.77. The molecule has 0 spiro atoms. The summed E-state index contributed by atoms with van der Waals surface area (Å²) in [5.74, 6) is 1.91. The first-order chi connectivity index (χ1) is 9.10. The van der Waals surface area contributed by atoms with E-state index in [0.717, 1.165) is 23.2 Å². The Labute approximate surface area is 122 Å². The predicted molar refractivity (Wildman–Crippen MR) is 85.3 cm³/mol. The Balaban J connectivity index is 2.52. The first-order valence-electron chi connectivity index (χ1n) is 6.04. The Bertz CT molecular complexity index is 433. The van der Waals surface area contributed by atoms with Crippen molar-refractivity contribution in [1.29, 1.82) is 0 Å². The summed E-state index contributed by atoms with van der Waals surface area (Å²) in [6.45, 7) is 7.11. The van der Waals surface area contributed by atoms with Crippen LogP contribution < -0.4 is 16.0 Å². The zero-order chi connectivity index (χ0) is 14.3. The van der Waals surface area contributed by atoms with E-state index in [1.807, 2.05) is 24.9 Å². The predicted octanol–water partition coefficient (Wildman–Crippen LogP) is 1.83. The minimum absolute atomic E-state index is 0.148. The summed E-state index contributed by atoms with van der Waals surface area (Å²) < 4.78 is 0. The molecule has 0 bridgehead atoms. The van der Waals surface area contributed by atoms with Gasteiger partial charge in [-0.3, -0.25) is 4.79 Å². The van der Waals surface area contributed by atoms with Gasteiger partial charge in [-0.1, -0.05) is 17.4 Å². The van der Waals surface area contributed by atoms with Gasteiger partial charge in [-0.05, 0) is 6.92 Å². The van der Waals surface area contributed by atoms with Crippen LogP contribution in [0.4, 0.5) is 10.9 Å². The van der Waals surface area contributed by atoms with E-state index in [1.54, 1.807) is 11.8 Å². The van der Waals surface area contributed by atoms with Gasteiger partial charge in [0.25, 0.3) is 5.91 Å². The number of hydrogen-bond donors (Lipinski definition) is 2. The molecule has 0 aromatic carbocycles. The van der Waals surface area contributed by atoms with Gasteiger partial charge in [0.15, 0.2) is 5.13 Å². The van der Waals surface area contributed by atoms with E-state index in [-0.39, 0.29) is 5.91 Å². The highest BCUT2D eigenvalue weighted by molar-refractivity contribution is 7.99. The fourth-order valence-electron chi connectivity index (χ4n) is 1.27. The maximum Gasteiger partial charge on any atom is 0.265 e. The van der Waals surface area contributed by atoms with E-state index in [1.165, 1.54) is 11.3 Å². The van der Waals surface area contributed by atoms with Crippen LogP contribution in [-0.2, 0) is 0 Å². The number of nitrogen functional groups attached to an aromatic ring is 1. The number of amides is 1. The molecule has 1 amide bonds. The van der Waals surface area contributed by atoms with Gasteiger partial charge in [-0.2, -0.15) is 11.8 Å². The first kappa shape index (κ1) is 15.8. The third kappa shape index (κ3) is 4.76. The minimum Gasteiger partial charge on any atom is -0.382 e. The summed E-state index contributed by atoms with van der Waals surface area (Å²) in [5.41, 5.74) is 5.78. The number of thioether (sulfide) groups is 1. The molecule has 0 radical (unpaired) electrons. The van der Waals surface area contributed by atoms with Crippen molar-refractivity contribution in [2.75, 3.05) is 42.3 Å². The quantitative estimate of drug-likeness (QED) is 0.566. The molecule has 1 heterocycles. The third-order valence-corrected chi connectivity index (χ3v) is 4.57. The summed E-state index contributed by atoms with van der Waals surface area (Å²) in [4.78, 5) is 18.6. The van der Waals surface area contributed by atoms with Crippen LogP contribution in [0.5, 0.6) is 0 Å². The zero-order valence-corrected chi connectivity index (χ0v) is 12.9. The highest BCUT2D eigenvalue weighted by Gasteiger charge is 2.17. The Hall–Kier alpha value is -1.21. The monoisotopic (exact) mass is 300 g/mol. The van der Waals surface area contributed by atoms with E-state index >= 15 is 0 Å². The lowest BCUT2D eigenvalue weighted by atomic mass is 10.4. The molecule has 19 heavy (non-hydrogen) atoms. The molecule has 0 aliphatic rings. The van der Waals surface area contributed by atoms with Crippen molar-refractivity contribution in [3.8, 4) is 0 Å². The number of carbonyl (C=O) groups excluding carboxylic acids is 1. The average Bonchev–Trinajstić information content (AvgIpc) is 2.79. The largest absolute Gasteiger partial charge is 0.382 e. The molecule has 0 unspecified atom stereocenters. The topological polar surface area (TPSA) is 71.2 Å². The van der Waals surface area contributed by atoms with Crippen LogP contribution in [0.1, 0.15) is 16.6 Å². The molecule has 3 N–H and O–H groups in total. The van der Waals surface area contributed by atoms with Crippen LogP contribution in [0.25, 0.3) is 0 Å². The van der Waals surface area contributed by atoms with Crippen molar-refractivity contribution in [3.05, 3.63) is 17.5 Å². The van der Waals surface area contributed by atoms with Crippen LogP contribution in [-0.4, -0.2) is 42.5 Å². The Morgan fingerprint density at radius 1 is 1.68 bits per heavy atom. The second-order valence-electron chi connectivity index (χ2n) is 3.84. The molecule has 0 atom stereocenters. The smallest absolute Gasteiger partial charge is 0.265 e. The Kier molecular flexibility index (Phi) is 6.72. The number of nitrogens with one attached hydrogen (secondary N) is 1. The van der Waals surface area contributed by atoms with Gasteiger partial charge in [-0.15, -0.1) is 6.58 Å². The normalized spacial score (nSPS) is 10.2. The van der Waals surface area contributed by atoms with E-state index in [2.05, 4.69) is 16.9 Å². The lowest BCUT2D eigenvalue weighted by molar-refractivity contribution is 0.0961. The summed E-state index contributed by atoms with van der Waals surface area (Å²) in [6, 6.07) is 0. The van der Waals surface area contributed by atoms with E-state index in [4.69, 9.17) is 5.73 Å². The summed E-state index contributed by atoms with van der Waals surface area (Å²) in [6.07, 6.45) is 1.85. The summed E-state index contributed by atoms with van der Waals surface area (Å²) in [7, 11) is 1.92. The lowest BCUT2D eigenvalue weighted by Gasteiger charge is -2.10. The number of aromatic nitrogens is 1. The van der Waals surface area contributed by atoms with Crippen molar-refractivity contribution >= 4 is 40.0 Å². The summed E-state index contributed by atoms with van der Waals surface area (Å²) in [5, 5.41) is 3.62. The Morgan fingerprint density at radius 3 is 3.05 bits per heavy atom. The molecule has 1 rings (SSSR count). The van der Waals surface area contributed by atoms with Crippen LogP contribution in [0.3, 0.4) is 0 Å². The number of carbonyl (C=O) groups is 1. The third-order valence-electron chi connectivity index (χ3n) is 2.42.